The van der Waals surface area contributed by atoms with Crippen LogP contribution in [0.5, 0.6) is 5.75 Å². The molecule has 0 aliphatic rings. The maximum atomic E-state index is 12.0. The van der Waals surface area contributed by atoms with Gasteiger partial charge in [0.1, 0.15) is 5.75 Å². The summed E-state index contributed by atoms with van der Waals surface area (Å²) in [5, 5.41) is 8.98. The summed E-state index contributed by atoms with van der Waals surface area (Å²) in [6.45, 7) is 0.146. The molecule has 108 valence electrons. The van der Waals surface area contributed by atoms with Crippen molar-refractivity contribution in [3.05, 3.63) is 23.2 Å². The van der Waals surface area contributed by atoms with Crippen LogP contribution < -0.4 is 9.46 Å². The van der Waals surface area contributed by atoms with Gasteiger partial charge in [-0.1, -0.05) is 11.6 Å². The van der Waals surface area contributed by atoms with Crippen molar-refractivity contribution in [1.29, 1.82) is 0 Å². The number of benzene rings is 1. The minimum absolute atomic E-state index is 0.0697. The molecule has 0 aliphatic carbocycles. The molecule has 0 heterocycles. The van der Waals surface area contributed by atoms with E-state index in [0.29, 0.717) is 12.2 Å². The summed E-state index contributed by atoms with van der Waals surface area (Å²) in [7, 11) is -0.797. The molecule has 1 aromatic rings. The molecular weight excluding hydrogens is 292 g/mol. The van der Waals surface area contributed by atoms with Gasteiger partial charge in [-0.3, -0.25) is 4.72 Å². The van der Waals surface area contributed by atoms with Crippen LogP contribution in [-0.2, 0) is 10.2 Å². The lowest BCUT2D eigenvalue weighted by Crippen LogP contribution is -2.33. The first-order valence-electron chi connectivity index (χ1n) is 5.59. The summed E-state index contributed by atoms with van der Waals surface area (Å²) >= 11 is 5.93. The molecule has 0 fully saturated rings. The normalized spacial score (nSPS) is 11.6. The number of ether oxygens (including phenoxy) is 1. The van der Waals surface area contributed by atoms with Gasteiger partial charge in [0.2, 0.25) is 0 Å². The van der Waals surface area contributed by atoms with Crippen LogP contribution >= 0.6 is 11.6 Å². The second kappa shape index (κ2) is 6.95. The highest BCUT2D eigenvalue weighted by Crippen LogP contribution is 2.27. The van der Waals surface area contributed by atoms with Gasteiger partial charge in [-0.15, -0.1) is 0 Å². The number of anilines is 1. The third-order valence-corrected chi connectivity index (χ3v) is 4.26. The van der Waals surface area contributed by atoms with Crippen LogP contribution in [0.4, 0.5) is 5.69 Å². The van der Waals surface area contributed by atoms with Crippen LogP contribution in [-0.4, -0.2) is 45.1 Å². The highest BCUT2D eigenvalue weighted by atomic mass is 35.5. The van der Waals surface area contributed by atoms with E-state index in [4.69, 9.17) is 21.4 Å². The summed E-state index contributed by atoms with van der Waals surface area (Å²) < 4.78 is 32.5. The zero-order valence-corrected chi connectivity index (χ0v) is 12.3. The number of nitrogens with zero attached hydrogens (tertiary/aromatic N) is 1. The Morgan fingerprint density at radius 3 is 2.74 bits per heavy atom. The average molecular weight is 309 g/mol. The Kier molecular flexibility index (Phi) is 5.86. The Bertz CT molecular complexity index is 521. The number of aliphatic hydroxyl groups is 1. The van der Waals surface area contributed by atoms with Crippen LogP contribution in [0.2, 0.25) is 5.02 Å². The molecule has 2 N–H and O–H groups in total. The molecule has 8 heteroatoms. The van der Waals surface area contributed by atoms with Crippen LogP contribution in [0.3, 0.4) is 0 Å². The van der Waals surface area contributed by atoms with Crippen molar-refractivity contribution in [3.8, 4) is 5.75 Å². The summed E-state index contributed by atoms with van der Waals surface area (Å²) in [5.41, 5.74) is 0.247. The number of hydrogen-bond acceptors (Lipinski definition) is 4. The van der Waals surface area contributed by atoms with Gasteiger partial charge in [0.15, 0.2) is 0 Å². The molecule has 0 amide bonds. The lowest BCUT2D eigenvalue weighted by molar-refractivity contribution is 0.276. The summed E-state index contributed by atoms with van der Waals surface area (Å²) in [4.78, 5) is 0. The standard InChI is InChI=1S/C11H17ClN2O4S/c1-14(6-3-7-15)19(16,17)13-11-8-9(18-2)4-5-10(11)12/h4-5,8,13,15H,3,6-7H2,1-2H3. The lowest BCUT2D eigenvalue weighted by Gasteiger charge is -2.18. The first-order chi connectivity index (χ1) is 8.90. The number of rotatable bonds is 7. The molecule has 0 atom stereocenters. The Hall–Kier alpha value is -1.02. The van der Waals surface area contributed by atoms with E-state index in [-0.39, 0.29) is 23.9 Å². The van der Waals surface area contributed by atoms with Crippen molar-refractivity contribution in [3.63, 3.8) is 0 Å². The molecule has 19 heavy (non-hydrogen) atoms. The topological polar surface area (TPSA) is 78.9 Å². The third-order valence-electron chi connectivity index (χ3n) is 2.45. The highest BCUT2D eigenvalue weighted by Gasteiger charge is 2.18. The largest absolute Gasteiger partial charge is 0.497 e. The number of nitrogens with one attached hydrogen (secondary N) is 1. The smallest absolute Gasteiger partial charge is 0.301 e. The molecule has 0 aliphatic heterocycles. The fourth-order valence-electron chi connectivity index (χ4n) is 1.34. The van der Waals surface area contributed by atoms with Crippen molar-refractivity contribution in [2.45, 2.75) is 6.42 Å². The summed E-state index contributed by atoms with van der Waals surface area (Å²) in [6, 6.07) is 4.68. The average Bonchev–Trinajstić information content (AvgIpc) is 2.38. The van der Waals surface area contributed by atoms with E-state index >= 15 is 0 Å². The number of methoxy groups -OCH3 is 1. The van der Waals surface area contributed by atoms with Gasteiger partial charge in [-0.2, -0.15) is 12.7 Å². The molecule has 1 rings (SSSR count). The minimum Gasteiger partial charge on any atom is -0.497 e. The lowest BCUT2D eigenvalue weighted by atomic mass is 10.3. The van der Waals surface area contributed by atoms with E-state index in [2.05, 4.69) is 4.72 Å². The molecular formula is C11H17ClN2O4S. The van der Waals surface area contributed by atoms with Crippen molar-refractivity contribution >= 4 is 27.5 Å². The number of aliphatic hydroxyl groups excluding tert-OH is 1. The van der Waals surface area contributed by atoms with Gasteiger partial charge >= 0.3 is 10.2 Å². The van der Waals surface area contributed by atoms with Crippen molar-refractivity contribution in [2.75, 3.05) is 32.0 Å². The number of halogens is 1. The molecule has 0 bridgehead atoms. The fourth-order valence-corrected chi connectivity index (χ4v) is 2.53. The Morgan fingerprint density at radius 2 is 2.16 bits per heavy atom. The van der Waals surface area contributed by atoms with Crippen LogP contribution in [0, 0.1) is 0 Å². The van der Waals surface area contributed by atoms with Crippen molar-refractivity contribution in [2.24, 2.45) is 0 Å². The third kappa shape index (κ3) is 4.54. The number of hydrogen-bond donors (Lipinski definition) is 2. The van der Waals surface area contributed by atoms with E-state index < -0.39 is 10.2 Å². The Balaban J connectivity index is 2.88. The van der Waals surface area contributed by atoms with E-state index in [1.165, 1.54) is 20.2 Å². The highest BCUT2D eigenvalue weighted by molar-refractivity contribution is 7.90. The minimum atomic E-state index is -3.70. The van der Waals surface area contributed by atoms with Gasteiger partial charge < -0.3 is 9.84 Å². The quantitative estimate of drug-likeness (QED) is 0.796. The molecule has 0 unspecified atom stereocenters. The first kappa shape index (κ1) is 16.0. The second-order valence-corrected chi connectivity index (χ2v) is 6.04. The zero-order valence-electron chi connectivity index (χ0n) is 10.8. The maximum Gasteiger partial charge on any atom is 0.301 e. The van der Waals surface area contributed by atoms with E-state index in [9.17, 15) is 8.42 Å². The molecule has 0 spiro atoms. The molecule has 0 saturated carbocycles. The summed E-state index contributed by atoms with van der Waals surface area (Å²) in [6.07, 6.45) is 0.364. The molecule has 1 aromatic carbocycles. The monoisotopic (exact) mass is 308 g/mol. The fraction of sp³-hybridized carbons (Fsp3) is 0.455. The maximum absolute atomic E-state index is 12.0. The van der Waals surface area contributed by atoms with Crippen molar-refractivity contribution < 1.29 is 18.3 Å². The molecule has 0 saturated heterocycles. The second-order valence-electron chi connectivity index (χ2n) is 3.85. The predicted octanol–water partition coefficient (Wildman–Crippen LogP) is 1.32. The van der Waals surface area contributed by atoms with Crippen LogP contribution in [0.15, 0.2) is 18.2 Å². The van der Waals surface area contributed by atoms with E-state index in [1.54, 1.807) is 12.1 Å². The van der Waals surface area contributed by atoms with E-state index in [1.807, 2.05) is 0 Å². The van der Waals surface area contributed by atoms with Crippen LogP contribution in [0.1, 0.15) is 6.42 Å². The van der Waals surface area contributed by atoms with E-state index in [0.717, 1.165) is 4.31 Å². The van der Waals surface area contributed by atoms with Crippen molar-refractivity contribution in [1.82, 2.24) is 4.31 Å². The molecule has 6 nitrogen and oxygen atoms in total. The first-order valence-corrected chi connectivity index (χ1v) is 7.41. The van der Waals surface area contributed by atoms with Gasteiger partial charge in [-0.05, 0) is 18.6 Å². The van der Waals surface area contributed by atoms with Crippen LogP contribution in [0.25, 0.3) is 0 Å². The SMILES string of the molecule is COc1ccc(Cl)c(NS(=O)(=O)N(C)CCCO)c1. The molecule has 0 radical (unpaired) electrons. The summed E-state index contributed by atoms with van der Waals surface area (Å²) in [5.74, 6) is 0.500. The van der Waals surface area contributed by atoms with Gasteiger partial charge in [0.05, 0.1) is 17.8 Å². The Morgan fingerprint density at radius 1 is 1.47 bits per heavy atom. The van der Waals surface area contributed by atoms with Gasteiger partial charge in [0.25, 0.3) is 0 Å². The van der Waals surface area contributed by atoms with Gasteiger partial charge in [-0.25, -0.2) is 0 Å². The van der Waals surface area contributed by atoms with Gasteiger partial charge in [0, 0.05) is 26.3 Å². The molecule has 0 aromatic heterocycles. The Labute approximate surface area is 118 Å². The predicted molar refractivity (Wildman–Crippen MR) is 74.9 cm³/mol. The zero-order chi connectivity index (χ0) is 14.5.